The summed E-state index contributed by atoms with van der Waals surface area (Å²) in [5.74, 6) is -2.52. The first-order chi connectivity index (χ1) is 11.4. The van der Waals surface area contributed by atoms with Gasteiger partial charge in [-0.1, -0.05) is 11.6 Å². The monoisotopic (exact) mass is 369 g/mol. The van der Waals surface area contributed by atoms with Crippen molar-refractivity contribution < 1.29 is 19.0 Å². The number of carboxylic acid groups (broad SMARTS) is 1. The fourth-order valence-electron chi connectivity index (χ4n) is 1.96. The van der Waals surface area contributed by atoms with Crippen LogP contribution in [0.1, 0.15) is 16.1 Å². The molecule has 0 bridgehead atoms. The quantitative estimate of drug-likeness (QED) is 0.831. The maximum atomic E-state index is 14.5. The minimum absolute atomic E-state index is 0.0640. The van der Waals surface area contributed by atoms with E-state index >= 15 is 0 Å². The molecule has 126 valence electrons. The predicted molar refractivity (Wildman–Crippen MR) is 92.9 cm³/mol. The summed E-state index contributed by atoms with van der Waals surface area (Å²) < 4.78 is 19.4. The lowest BCUT2D eigenvalue weighted by Gasteiger charge is -2.11. The standard InChI is InChI=1S/C15H13ClFN3O3S/c1-23-12-9(16)4-3-7(10(12)17)14-19-11(15(21)22)8(5-6-24-2)13(18)20-14/h3-6H,1-2H3,(H,21,22)(H2,18,19,20)/b6-5+. The predicted octanol–water partition coefficient (Wildman–Crippen LogP) is 3.56. The van der Waals surface area contributed by atoms with Crippen molar-refractivity contribution in [1.82, 2.24) is 9.97 Å². The largest absolute Gasteiger partial charge is 0.492 e. The van der Waals surface area contributed by atoms with E-state index in [4.69, 9.17) is 22.1 Å². The third-order valence-corrected chi connectivity index (χ3v) is 3.75. The second kappa shape index (κ2) is 7.50. The molecule has 0 unspecified atom stereocenters. The molecule has 0 radical (unpaired) electrons. The number of carbonyl (C=O) groups is 1. The number of methoxy groups -OCH3 is 1. The van der Waals surface area contributed by atoms with Gasteiger partial charge in [-0.05, 0) is 29.9 Å². The fraction of sp³-hybridized carbons (Fsp3) is 0.133. The van der Waals surface area contributed by atoms with Crippen molar-refractivity contribution in [1.29, 1.82) is 0 Å². The van der Waals surface area contributed by atoms with E-state index in [1.807, 2.05) is 0 Å². The summed E-state index contributed by atoms with van der Waals surface area (Å²) in [6, 6.07) is 2.73. The van der Waals surface area contributed by atoms with Crippen LogP contribution < -0.4 is 10.5 Å². The van der Waals surface area contributed by atoms with Gasteiger partial charge in [-0.15, -0.1) is 11.8 Å². The van der Waals surface area contributed by atoms with Crippen molar-refractivity contribution in [3.8, 4) is 17.1 Å². The molecule has 0 fully saturated rings. The van der Waals surface area contributed by atoms with Crippen LogP contribution in [-0.4, -0.2) is 34.4 Å². The fourth-order valence-corrected chi connectivity index (χ4v) is 2.46. The van der Waals surface area contributed by atoms with Gasteiger partial charge in [0.05, 0.1) is 23.3 Å². The number of nitrogen functional groups attached to an aromatic ring is 1. The molecule has 0 saturated heterocycles. The number of rotatable bonds is 5. The van der Waals surface area contributed by atoms with E-state index in [1.54, 1.807) is 11.7 Å². The van der Waals surface area contributed by atoms with Gasteiger partial charge >= 0.3 is 5.97 Å². The number of halogens is 2. The summed E-state index contributed by atoms with van der Waals surface area (Å²) >= 11 is 7.21. The number of nitrogens with zero attached hydrogens (tertiary/aromatic N) is 2. The summed E-state index contributed by atoms with van der Waals surface area (Å²) in [6.07, 6.45) is 3.30. The van der Waals surface area contributed by atoms with Crippen molar-refractivity contribution in [3.63, 3.8) is 0 Å². The number of hydrogen-bond donors (Lipinski definition) is 2. The summed E-state index contributed by atoms with van der Waals surface area (Å²) in [7, 11) is 1.27. The van der Waals surface area contributed by atoms with Gasteiger partial charge < -0.3 is 15.6 Å². The van der Waals surface area contributed by atoms with Gasteiger partial charge in [-0.2, -0.15) is 0 Å². The molecule has 1 aromatic carbocycles. The number of nitrogens with two attached hydrogens (primary N) is 1. The summed E-state index contributed by atoms with van der Waals surface area (Å²) in [5, 5.41) is 11.1. The first-order valence-electron chi connectivity index (χ1n) is 6.53. The van der Waals surface area contributed by atoms with Crippen molar-refractivity contribution in [2.24, 2.45) is 0 Å². The minimum atomic E-state index is -1.30. The van der Waals surface area contributed by atoms with Gasteiger partial charge in [0.25, 0.3) is 0 Å². The van der Waals surface area contributed by atoms with Crippen molar-refractivity contribution in [2.45, 2.75) is 0 Å². The van der Waals surface area contributed by atoms with Gasteiger partial charge in [-0.25, -0.2) is 19.2 Å². The van der Waals surface area contributed by atoms with E-state index in [0.29, 0.717) is 0 Å². The molecule has 6 nitrogen and oxygen atoms in total. The van der Waals surface area contributed by atoms with E-state index in [0.717, 1.165) is 0 Å². The van der Waals surface area contributed by atoms with Crippen LogP contribution in [0.15, 0.2) is 17.5 Å². The van der Waals surface area contributed by atoms with E-state index < -0.39 is 11.8 Å². The average Bonchev–Trinajstić information content (AvgIpc) is 2.53. The molecular weight excluding hydrogens is 357 g/mol. The number of aromatic carboxylic acids is 1. The molecule has 0 aliphatic rings. The Balaban J connectivity index is 2.69. The number of aromatic nitrogens is 2. The second-order valence-corrected chi connectivity index (χ2v) is 5.63. The molecule has 24 heavy (non-hydrogen) atoms. The van der Waals surface area contributed by atoms with Crippen molar-refractivity contribution >= 4 is 41.2 Å². The van der Waals surface area contributed by atoms with E-state index in [1.165, 1.54) is 37.1 Å². The molecule has 1 heterocycles. The lowest BCUT2D eigenvalue weighted by Crippen LogP contribution is -2.10. The van der Waals surface area contributed by atoms with Gasteiger partial charge in [0.1, 0.15) is 5.82 Å². The van der Waals surface area contributed by atoms with Gasteiger partial charge in [0, 0.05) is 0 Å². The third-order valence-electron chi connectivity index (χ3n) is 3.04. The molecule has 2 rings (SSSR count). The lowest BCUT2D eigenvalue weighted by atomic mass is 10.1. The van der Waals surface area contributed by atoms with Crippen LogP contribution in [0.2, 0.25) is 5.02 Å². The van der Waals surface area contributed by atoms with Crippen LogP contribution >= 0.6 is 23.4 Å². The Morgan fingerprint density at radius 1 is 1.46 bits per heavy atom. The molecule has 3 N–H and O–H groups in total. The Morgan fingerprint density at radius 2 is 2.17 bits per heavy atom. The molecule has 0 atom stereocenters. The van der Waals surface area contributed by atoms with Crippen molar-refractivity contribution in [2.75, 3.05) is 19.1 Å². The Labute approximate surface area is 146 Å². The molecule has 0 aliphatic carbocycles. The summed E-state index contributed by atoms with van der Waals surface area (Å²) in [4.78, 5) is 19.4. The van der Waals surface area contributed by atoms with Crippen LogP contribution in [-0.2, 0) is 0 Å². The highest BCUT2D eigenvalue weighted by Gasteiger charge is 2.21. The molecule has 2 aromatic rings. The Bertz CT molecular complexity index is 830. The van der Waals surface area contributed by atoms with E-state index in [2.05, 4.69) is 9.97 Å². The summed E-state index contributed by atoms with van der Waals surface area (Å²) in [6.45, 7) is 0. The number of thioether (sulfide) groups is 1. The number of carboxylic acids is 1. The molecular formula is C15H13ClFN3O3S. The number of hydrogen-bond acceptors (Lipinski definition) is 6. The van der Waals surface area contributed by atoms with Gasteiger partial charge in [-0.3, -0.25) is 0 Å². The van der Waals surface area contributed by atoms with Crippen LogP contribution in [0.5, 0.6) is 5.75 Å². The average molecular weight is 370 g/mol. The maximum Gasteiger partial charge on any atom is 0.355 e. The van der Waals surface area contributed by atoms with Gasteiger partial charge in [0.15, 0.2) is 23.1 Å². The molecule has 0 amide bonds. The number of ether oxygens (including phenoxy) is 1. The normalized spacial score (nSPS) is 11.0. The Kier molecular flexibility index (Phi) is 5.63. The SMILES string of the molecule is COc1c(Cl)ccc(-c2nc(N)c(/C=C/SC)c(C(=O)O)n2)c1F. The zero-order valence-corrected chi connectivity index (χ0v) is 14.3. The smallest absolute Gasteiger partial charge is 0.355 e. The minimum Gasteiger partial charge on any atom is -0.492 e. The third kappa shape index (κ3) is 3.44. The zero-order valence-electron chi connectivity index (χ0n) is 12.7. The number of anilines is 1. The first-order valence-corrected chi connectivity index (χ1v) is 8.19. The highest BCUT2D eigenvalue weighted by molar-refractivity contribution is 8.01. The summed E-state index contributed by atoms with van der Waals surface area (Å²) in [5.41, 5.74) is 5.60. The number of benzene rings is 1. The molecule has 0 spiro atoms. The highest BCUT2D eigenvalue weighted by Crippen LogP contribution is 2.34. The van der Waals surface area contributed by atoms with Crippen LogP contribution in [0.3, 0.4) is 0 Å². The molecule has 0 saturated carbocycles. The molecule has 0 aliphatic heterocycles. The van der Waals surface area contributed by atoms with E-state index in [9.17, 15) is 14.3 Å². The van der Waals surface area contributed by atoms with Crippen LogP contribution in [0.4, 0.5) is 10.2 Å². The van der Waals surface area contributed by atoms with Crippen LogP contribution in [0, 0.1) is 5.82 Å². The Hall–Kier alpha value is -2.32. The second-order valence-electron chi connectivity index (χ2n) is 4.48. The van der Waals surface area contributed by atoms with Gasteiger partial charge in [0.2, 0.25) is 0 Å². The topological polar surface area (TPSA) is 98.3 Å². The Morgan fingerprint density at radius 3 is 2.75 bits per heavy atom. The molecule has 1 aromatic heterocycles. The first kappa shape index (κ1) is 18.0. The van der Waals surface area contributed by atoms with Crippen LogP contribution in [0.25, 0.3) is 17.5 Å². The lowest BCUT2D eigenvalue weighted by molar-refractivity contribution is 0.0690. The van der Waals surface area contributed by atoms with Crippen molar-refractivity contribution in [3.05, 3.63) is 39.6 Å². The van der Waals surface area contributed by atoms with E-state index in [-0.39, 0.29) is 39.2 Å². The molecule has 9 heteroatoms. The zero-order chi connectivity index (χ0) is 17.9. The highest BCUT2D eigenvalue weighted by atomic mass is 35.5. The maximum absolute atomic E-state index is 14.5.